The van der Waals surface area contributed by atoms with Crippen LogP contribution in [-0.2, 0) is 16.0 Å². The van der Waals surface area contributed by atoms with Crippen LogP contribution in [0.2, 0.25) is 0 Å². The molecule has 3 aromatic carbocycles. The minimum atomic E-state index is -1.08. The van der Waals surface area contributed by atoms with E-state index in [2.05, 4.69) is 0 Å². The molecule has 0 unspecified atom stereocenters. The zero-order chi connectivity index (χ0) is 21.8. The minimum absolute atomic E-state index is 0.196. The van der Waals surface area contributed by atoms with Crippen LogP contribution in [0.15, 0.2) is 89.8 Å². The van der Waals surface area contributed by atoms with Gasteiger partial charge >= 0.3 is 5.97 Å². The minimum Gasteiger partial charge on any atom is -0.480 e. The van der Waals surface area contributed by atoms with Crippen LogP contribution in [0.4, 0.5) is 0 Å². The molecule has 0 radical (unpaired) electrons. The van der Waals surface area contributed by atoms with Crippen molar-refractivity contribution in [2.24, 2.45) is 0 Å². The fourth-order valence-corrected chi connectivity index (χ4v) is 4.79. The van der Waals surface area contributed by atoms with E-state index >= 15 is 0 Å². The lowest BCUT2D eigenvalue weighted by molar-refractivity contribution is -0.145. The van der Waals surface area contributed by atoms with Crippen molar-refractivity contribution in [2.45, 2.75) is 12.5 Å². The van der Waals surface area contributed by atoms with Crippen molar-refractivity contribution in [3.63, 3.8) is 0 Å². The fourth-order valence-electron chi connectivity index (χ4n) is 3.43. The third kappa shape index (κ3) is 4.76. The van der Waals surface area contributed by atoms with Crippen molar-refractivity contribution in [1.29, 1.82) is 0 Å². The van der Waals surface area contributed by atoms with E-state index in [1.165, 1.54) is 4.90 Å². The first-order valence-corrected chi connectivity index (χ1v) is 10.9. The number of benzene rings is 3. The van der Waals surface area contributed by atoms with Crippen LogP contribution < -0.4 is 0 Å². The first kappa shape index (κ1) is 21.0. The van der Waals surface area contributed by atoms with E-state index in [0.717, 1.165) is 34.0 Å². The third-order valence-electron chi connectivity index (χ3n) is 5.01. The summed E-state index contributed by atoms with van der Waals surface area (Å²) < 4.78 is 0.264. The van der Waals surface area contributed by atoms with E-state index in [-0.39, 0.29) is 16.6 Å². The number of thioether (sulfide) groups is 1. The summed E-state index contributed by atoms with van der Waals surface area (Å²) in [5.41, 5.74) is 3.89. The van der Waals surface area contributed by atoms with Crippen LogP contribution in [0.1, 0.15) is 11.1 Å². The number of hydrogen-bond acceptors (Lipinski definition) is 4. The van der Waals surface area contributed by atoms with E-state index in [1.54, 1.807) is 6.08 Å². The van der Waals surface area contributed by atoms with Crippen molar-refractivity contribution >= 4 is 46.3 Å². The molecule has 0 bridgehead atoms. The average Bonchev–Trinajstić information content (AvgIpc) is 3.06. The van der Waals surface area contributed by atoms with Gasteiger partial charge < -0.3 is 5.11 Å². The molecular weight excluding hydrogens is 426 g/mol. The summed E-state index contributed by atoms with van der Waals surface area (Å²) >= 11 is 6.51. The van der Waals surface area contributed by atoms with Crippen molar-refractivity contribution in [3.05, 3.63) is 101 Å². The van der Waals surface area contributed by atoms with Crippen molar-refractivity contribution < 1.29 is 14.7 Å². The second kappa shape index (κ2) is 9.29. The summed E-state index contributed by atoms with van der Waals surface area (Å²) in [5, 5.41) is 9.76. The quantitative estimate of drug-likeness (QED) is 0.415. The lowest BCUT2D eigenvalue weighted by Gasteiger charge is -2.23. The third-order valence-corrected chi connectivity index (χ3v) is 6.34. The molecule has 4 rings (SSSR count). The topological polar surface area (TPSA) is 57.6 Å². The Hall–Kier alpha value is -3.22. The molecule has 154 valence electrons. The predicted octanol–water partition coefficient (Wildman–Crippen LogP) is 5.25. The van der Waals surface area contributed by atoms with E-state index in [4.69, 9.17) is 12.2 Å². The van der Waals surface area contributed by atoms with Crippen LogP contribution >= 0.6 is 24.0 Å². The van der Waals surface area contributed by atoms with Gasteiger partial charge in [-0.05, 0) is 28.3 Å². The second-order valence-corrected chi connectivity index (χ2v) is 8.76. The summed E-state index contributed by atoms with van der Waals surface area (Å²) in [4.78, 5) is 26.6. The highest BCUT2D eigenvalue weighted by molar-refractivity contribution is 8.26. The Kier molecular flexibility index (Phi) is 6.30. The number of nitrogens with zero attached hydrogens (tertiary/aromatic N) is 1. The molecule has 0 aliphatic carbocycles. The maximum absolute atomic E-state index is 13.0. The molecule has 1 aliphatic heterocycles. The van der Waals surface area contributed by atoms with E-state index in [1.807, 2.05) is 84.9 Å². The van der Waals surface area contributed by atoms with Gasteiger partial charge in [-0.1, -0.05) is 109 Å². The Labute approximate surface area is 190 Å². The number of carboxylic acids is 1. The molecule has 1 atom stereocenters. The van der Waals surface area contributed by atoms with Crippen LogP contribution in [-0.4, -0.2) is 32.2 Å². The number of aliphatic carboxylic acids is 1. The molecule has 0 saturated carbocycles. The lowest BCUT2D eigenvalue weighted by Crippen LogP contribution is -2.45. The summed E-state index contributed by atoms with van der Waals surface area (Å²) in [7, 11) is 0. The van der Waals surface area contributed by atoms with Gasteiger partial charge in [0.1, 0.15) is 10.4 Å². The monoisotopic (exact) mass is 445 g/mol. The Morgan fingerprint density at radius 2 is 1.52 bits per heavy atom. The highest BCUT2D eigenvalue weighted by Crippen LogP contribution is 2.35. The Bertz CT molecular complexity index is 1140. The first-order valence-electron chi connectivity index (χ1n) is 9.72. The number of amides is 1. The van der Waals surface area contributed by atoms with Gasteiger partial charge in [-0.15, -0.1) is 0 Å². The molecule has 4 nitrogen and oxygen atoms in total. The summed E-state index contributed by atoms with van der Waals surface area (Å²) in [6, 6.07) is 26.1. The zero-order valence-electron chi connectivity index (χ0n) is 16.5. The first-order chi connectivity index (χ1) is 15.0. The summed E-state index contributed by atoms with van der Waals surface area (Å²) in [5.74, 6) is -1.45. The zero-order valence-corrected chi connectivity index (χ0v) is 18.1. The molecule has 1 heterocycles. The normalized spacial score (nSPS) is 16.0. The van der Waals surface area contributed by atoms with E-state index < -0.39 is 12.0 Å². The Morgan fingerprint density at radius 1 is 0.935 bits per heavy atom. The molecule has 1 amide bonds. The van der Waals surface area contributed by atoms with Crippen molar-refractivity contribution in [1.82, 2.24) is 4.90 Å². The van der Waals surface area contributed by atoms with Crippen LogP contribution in [0.3, 0.4) is 0 Å². The van der Waals surface area contributed by atoms with Gasteiger partial charge in [0.15, 0.2) is 0 Å². The molecule has 6 heteroatoms. The number of rotatable bonds is 6. The standard InChI is InChI=1S/C25H19NO3S2/c27-23-22(16-18-11-13-20(14-12-18)19-9-5-2-6-10-19)31-25(30)26(23)21(24(28)29)15-17-7-3-1-4-8-17/h1-14,16,21H,15H2,(H,28,29)/b22-16-/t21-/m0/s1. The van der Waals surface area contributed by atoms with Crippen molar-refractivity contribution in [3.8, 4) is 11.1 Å². The number of carbonyl (C=O) groups excluding carboxylic acids is 1. The second-order valence-electron chi connectivity index (χ2n) is 7.08. The number of thiocarbonyl (C=S) groups is 1. The maximum atomic E-state index is 13.0. The maximum Gasteiger partial charge on any atom is 0.327 e. The molecule has 31 heavy (non-hydrogen) atoms. The van der Waals surface area contributed by atoms with Crippen LogP contribution in [0.5, 0.6) is 0 Å². The molecule has 1 saturated heterocycles. The van der Waals surface area contributed by atoms with Gasteiger partial charge in [-0.2, -0.15) is 0 Å². The largest absolute Gasteiger partial charge is 0.480 e. The highest BCUT2D eigenvalue weighted by atomic mass is 32.2. The van der Waals surface area contributed by atoms with Gasteiger partial charge in [0.2, 0.25) is 0 Å². The molecule has 1 fully saturated rings. The molecule has 0 spiro atoms. The molecule has 1 N–H and O–H groups in total. The fraction of sp³-hybridized carbons (Fsp3) is 0.0800. The van der Waals surface area contributed by atoms with Crippen LogP contribution in [0.25, 0.3) is 17.2 Å². The Morgan fingerprint density at radius 3 is 2.13 bits per heavy atom. The molecule has 1 aliphatic rings. The number of carbonyl (C=O) groups is 2. The van der Waals surface area contributed by atoms with Gasteiger partial charge in [0, 0.05) is 6.42 Å². The summed E-state index contributed by atoms with van der Waals surface area (Å²) in [6.07, 6.45) is 1.96. The smallest absolute Gasteiger partial charge is 0.327 e. The van der Waals surface area contributed by atoms with E-state index in [9.17, 15) is 14.7 Å². The SMILES string of the molecule is O=C(O)[C@H](Cc1ccccc1)N1C(=O)/C(=C/c2ccc(-c3ccccc3)cc2)SC1=S. The number of carboxylic acid groups (broad SMARTS) is 1. The predicted molar refractivity (Wildman–Crippen MR) is 128 cm³/mol. The Balaban J connectivity index is 1.55. The highest BCUT2D eigenvalue weighted by Gasteiger charge is 2.40. The van der Waals surface area contributed by atoms with Crippen molar-refractivity contribution in [2.75, 3.05) is 0 Å². The van der Waals surface area contributed by atoms with Gasteiger partial charge in [-0.3, -0.25) is 9.69 Å². The lowest BCUT2D eigenvalue weighted by atomic mass is 10.0. The summed E-state index contributed by atoms with van der Waals surface area (Å²) in [6.45, 7) is 0. The van der Waals surface area contributed by atoms with Crippen LogP contribution in [0, 0.1) is 0 Å². The average molecular weight is 446 g/mol. The molecule has 3 aromatic rings. The van der Waals surface area contributed by atoms with Gasteiger partial charge in [0.25, 0.3) is 5.91 Å². The number of hydrogen-bond donors (Lipinski definition) is 1. The van der Waals surface area contributed by atoms with Gasteiger partial charge in [0.05, 0.1) is 4.91 Å². The molecule has 0 aromatic heterocycles. The van der Waals surface area contributed by atoms with E-state index in [0.29, 0.717) is 4.91 Å². The van der Waals surface area contributed by atoms with Gasteiger partial charge in [-0.25, -0.2) is 4.79 Å². The molecular formula is C25H19NO3S2.